The number of fused-ring (bicyclic) bond motifs is 2. The van der Waals surface area contributed by atoms with Crippen LogP contribution < -0.4 is 27.6 Å². The Bertz CT molecular complexity index is 1780. The third-order valence-electron chi connectivity index (χ3n) is 7.18. The number of benzene rings is 1. The van der Waals surface area contributed by atoms with E-state index in [1.165, 1.54) is 9.13 Å². The lowest BCUT2D eigenvalue weighted by atomic mass is 10.1. The van der Waals surface area contributed by atoms with Gasteiger partial charge in [0.15, 0.2) is 16.9 Å². The molecule has 1 aliphatic heterocycles. The minimum atomic E-state index is -0.640. The summed E-state index contributed by atoms with van der Waals surface area (Å²) < 4.78 is 5.45. The van der Waals surface area contributed by atoms with Crippen LogP contribution in [0.1, 0.15) is 37.0 Å². The summed E-state index contributed by atoms with van der Waals surface area (Å²) in [5.41, 5.74) is 7.37. The summed E-state index contributed by atoms with van der Waals surface area (Å²) >= 11 is 0. The molecule has 0 radical (unpaired) electrons. The van der Waals surface area contributed by atoms with Crippen molar-refractivity contribution in [3.8, 4) is 0 Å². The highest BCUT2D eigenvalue weighted by Gasteiger charge is 2.27. The number of carbonyl (C=O) groups excluding carboxylic acids is 1. The van der Waals surface area contributed by atoms with E-state index in [4.69, 9.17) is 10.7 Å². The lowest BCUT2D eigenvalue weighted by molar-refractivity contribution is 0.0970. The van der Waals surface area contributed by atoms with E-state index in [1.807, 2.05) is 19.9 Å². The van der Waals surface area contributed by atoms with Crippen LogP contribution in [0, 0.1) is 0 Å². The van der Waals surface area contributed by atoms with E-state index in [9.17, 15) is 19.2 Å². The Kier molecular flexibility index (Phi) is 6.43. The second kappa shape index (κ2) is 9.60. The lowest BCUT2D eigenvalue weighted by Crippen LogP contribution is -2.44. The van der Waals surface area contributed by atoms with Gasteiger partial charge in [0.2, 0.25) is 5.95 Å². The maximum Gasteiger partial charge on any atom is 0.332 e. The Balaban J connectivity index is 1.66. The summed E-state index contributed by atoms with van der Waals surface area (Å²) in [7, 11) is 3.15. The number of hydrogen-bond donors (Lipinski definition) is 2. The molecule has 0 bridgehead atoms. The predicted molar refractivity (Wildman–Crippen MR) is 146 cm³/mol. The minimum Gasteiger partial charge on any atom is -0.341 e. The van der Waals surface area contributed by atoms with Crippen LogP contribution in [0.15, 0.2) is 44.2 Å². The van der Waals surface area contributed by atoms with Crippen LogP contribution in [0.4, 0.5) is 5.95 Å². The molecule has 0 saturated carbocycles. The Morgan fingerprint density at radius 2 is 1.92 bits per heavy atom. The van der Waals surface area contributed by atoms with Gasteiger partial charge in [-0.25, -0.2) is 9.59 Å². The number of ketones is 1. The van der Waals surface area contributed by atoms with Gasteiger partial charge in [-0.05, 0) is 38.8 Å². The number of nitrogens with zero attached hydrogens (tertiary/aromatic N) is 6. The van der Waals surface area contributed by atoms with Crippen LogP contribution in [-0.4, -0.2) is 53.2 Å². The van der Waals surface area contributed by atoms with Gasteiger partial charge >= 0.3 is 11.4 Å². The standard InChI is InChI=1S/C26H32N8O4/c1-15(2)10-12-33-21-22(29-24(33)32-11-6-7-16(27)13-32)31(4)26(38)34(23(21)36)14-19(35)17-8-5-9-18-20(17)28-25(37)30(18)3/h5,8-10,16H,6-7,11-14,27H2,1-4H3,(H,28,37). The van der Waals surface area contributed by atoms with Crippen molar-refractivity contribution in [3.05, 3.63) is 66.7 Å². The summed E-state index contributed by atoms with van der Waals surface area (Å²) in [5, 5.41) is 0. The molecule has 1 aliphatic rings. The van der Waals surface area contributed by atoms with Gasteiger partial charge in [-0.2, -0.15) is 4.98 Å². The molecule has 12 heteroatoms. The molecule has 1 aromatic carbocycles. The first-order chi connectivity index (χ1) is 18.1. The fraction of sp³-hybridized carbons (Fsp3) is 0.423. The predicted octanol–water partition coefficient (Wildman–Crippen LogP) is 0.853. The largest absolute Gasteiger partial charge is 0.341 e. The van der Waals surface area contributed by atoms with Crippen LogP contribution in [-0.2, 0) is 27.2 Å². The van der Waals surface area contributed by atoms with Gasteiger partial charge in [0.1, 0.15) is 0 Å². The van der Waals surface area contributed by atoms with E-state index in [0.717, 1.165) is 29.5 Å². The Morgan fingerprint density at radius 3 is 2.63 bits per heavy atom. The smallest absolute Gasteiger partial charge is 0.332 e. The number of rotatable bonds is 6. The first-order valence-electron chi connectivity index (χ1n) is 12.6. The van der Waals surface area contributed by atoms with Crippen LogP contribution in [0.3, 0.4) is 0 Å². The van der Waals surface area contributed by atoms with E-state index in [0.29, 0.717) is 30.1 Å². The van der Waals surface area contributed by atoms with Crippen LogP contribution in [0.2, 0.25) is 0 Å². The lowest BCUT2D eigenvalue weighted by Gasteiger charge is -2.31. The summed E-state index contributed by atoms with van der Waals surface area (Å²) in [4.78, 5) is 62.2. The molecule has 12 nitrogen and oxygen atoms in total. The molecule has 0 amide bonds. The number of H-pyrrole nitrogens is 1. The van der Waals surface area contributed by atoms with Crippen molar-refractivity contribution in [2.45, 2.75) is 45.8 Å². The number of allylic oxidation sites excluding steroid dienone is 2. The molecule has 4 aromatic rings. The molecule has 1 fully saturated rings. The highest BCUT2D eigenvalue weighted by atomic mass is 16.2. The van der Waals surface area contributed by atoms with E-state index in [-0.39, 0.29) is 28.5 Å². The van der Waals surface area contributed by atoms with E-state index in [1.54, 1.807) is 36.9 Å². The van der Waals surface area contributed by atoms with Crippen molar-refractivity contribution in [3.63, 3.8) is 0 Å². The van der Waals surface area contributed by atoms with Crippen LogP contribution in [0.5, 0.6) is 0 Å². The molecule has 0 aliphatic carbocycles. The zero-order chi connectivity index (χ0) is 27.3. The number of para-hydroxylation sites is 1. The highest BCUT2D eigenvalue weighted by Crippen LogP contribution is 2.23. The van der Waals surface area contributed by atoms with Crippen molar-refractivity contribution in [2.75, 3.05) is 18.0 Å². The number of nitrogens with one attached hydrogen (secondary N) is 1. The van der Waals surface area contributed by atoms with Gasteiger partial charge in [-0.3, -0.25) is 23.3 Å². The Labute approximate surface area is 217 Å². The SMILES string of the molecule is CC(C)=CCn1c(N2CCCC(N)C2)nc2c1c(=O)n(CC(=O)c1cccc3c1[nH]c(=O)n3C)c(=O)n2C. The van der Waals surface area contributed by atoms with E-state index >= 15 is 0 Å². The number of piperidine rings is 1. The number of nitrogens with two attached hydrogens (primary N) is 1. The van der Waals surface area contributed by atoms with Crippen molar-refractivity contribution < 1.29 is 4.79 Å². The van der Waals surface area contributed by atoms with Crippen molar-refractivity contribution in [1.82, 2.24) is 28.2 Å². The minimum absolute atomic E-state index is 0.00861. The molecular weight excluding hydrogens is 488 g/mol. The molecule has 200 valence electrons. The number of Topliss-reactive ketones (excluding diaryl/α,β-unsaturated/α-hetero) is 1. The number of aromatic nitrogens is 6. The van der Waals surface area contributed by atoms with Crippen molar-refractivity contribution in [2.24, 2.45) is 19.8 Å². The Morgan fingerprint density at radius 1 is 1.16 bits per heavy atom. The fourth-order valence-electron chi connectivity index (χ4n) is 5.09. The van der Waals surface area contributed by atoms with Gasteiger partial charge in [0.05, 0.1) is 17.6 Å². The quantitative estimate of drug-likeness (QED) is 0.283. The average molecular weight is 521 g/mol. The summed E-state index contributed by atoms with van der Waals surface area (Å²) in [6.07, 6.45) is 3.80. The summed E-state index contributed by atoms with van der Waals surface area (Å²) in [5.74, 6) is 0.115. The second-order valence-electron chi connectivity index (χ2n) is 10.2. The Hall–Kier alpha value is -4.19. The van der Waals surface area contributed by atoms with Gasteiger partial charge in [-0.1, -0.05) is 17.7 Å². The first-order valence-corrected chi connectivity index (χ1v) is 12.6. The molecule has 4 heterocycles. The van der Waals surface area contributed by atoms with Gasteiger partial charge < -0.3 is 20.2 Å². The molecular formula is C26H32N8O4. The molecule has 1 atom stereocenters. The monoisotopic (exact) mass is 520 g/mol. The zero-order valence-electron chi connectivity index (χ0n) is 22.0. The second-order valence-corrected chi connectivity index (χ2v) is 10.2. The van der Waals surface area contributed by atoms with Crippen LogP contribution in [0.25, 0.3) is 22.2 Å². The molecule has 5 rings (SSSR count). The molecule has 1 saturated heterocycles. The maximum absolute atomic E-state index is 13.8. The summed E-state index contributed by atoms with van der Waals surface area (Å²) in [6, 6.07) is 4.95. The molecule has 1 unspecified atom stereocenters. The number of anilines is 1. The van der Waals surface area contributed by atoms with Gasteiger partial charge in [-0.15, -0.1) is 0 Å². The molecule has 3 aromatic heterocycles. The number of aryl methyl sites for hydroxylation is 2. The third kappa shape index (κ3) is 4.20. The molecule has 38 heavy (non-hydrogen) atoms. The molecule has 0 spiro atoms. The van der Waals surface area contributed by atoms with E-state index < -0.39 is 23.6 Å². The number of imidazole rings is 2. The van der Waals surface area contributed by atoms with Crippen LogP contribution >= 0.6 is 0 Å². The van der Waals surface area contributed by atoms with Gasteiger partial charge in [0.25, 0.3) is 5.56 Å². The normalized spacial score (nSPS) is 15.9. The average Bonchev–Trinajstić information content (AvgIpc) is 3.41. The number of aromatic amines is 1. The first kappa shape index (κ1) is 25.5. The molecule has 3 N–H and O–H groups in total. The fourth-order valence-corrected chi connectivity index (χ4v) is 5.09. The highest BCUT2D eigenvalue weighted by molar-refractivity contribution is 6.06. The van der Waals surface area contributed by atoms with Gasteiger partial charge in [0, 0.05) is 45.3 Å². The van der Waals surface area contributed by atoms with E-state index in [2.05, 4.69) is 9.88 Å². The van der Waals surface area contributed by atoms with Crippen molar-refractivity contribution in [1.29, 1.82) is 0 Å². The van der Waals surface area contributed by atoms with Crippen molar-refractivity contribution >= 4 is 33.9 Å². The zero-order valence-corrected chi connectivity index (χ0v) is 22.0. The topological polar surface area (TPSA) is 146 Å². The number of carbonyl (C=O) groups is 1. The summed E-state index contributed by atoms with van der Waals surface area (Å²) in [6.45, 7) is 5.18. The maximum atomic E-state index is 13.8. The third-order valence-corrected chi connectivity index (χ3v) is 7.18. The number of hydrogen-bond acceptors (Lipinski definition) is 7.